The summed E-state index contributed by atoms with van der Waals surface area (Å²) in [4.78, 5) is 18.6. The van der Waals surface area contributed by atoms with Gasteiger partial charge in [-0.3, -0.25) is 0 Å². The van der Waals surface area contributed by atoms with E-state index in [9.17, 15) is 4.79 Å². The molecule has 0 aliphatic carbocycles. The monoisotopic (exact) mass is 349 g/mol. The van der Waals surface area contributed by atoms with Crippen molar-refractivity contribution in [3.63, 3.8) is 0 Å². The van der Waals surface area contributed by atoms with Crippen LogP contribution in [0.15, 0.2) is 48.5 Å². The third kappa shape index (κ3) is 4.06. The van der Waals surface area contributed by atoms with Crippen LogP contribution in [0.1, 0.15) is 5.56 Å². The van der Waals surface area contributed by atoms with E-state index in [-0.39, 0.29) is 6.03 Å². The van der Waals surface area contributed by atoms with Gasteiger partial charge in [-0.05, 0) is 42.5 Å². The summed E-state index contributed by atoms with van der Waals surface area (Å²) < 4.78 is 0. The van der Waals surface area contributed by atoms with E-state index in [2.05, 4.69) is 45.5 Å². The maximum Gasteiger partial charge on any atom is 0.321 e. The minimum absolute atomic E-state index is 0.123. The van der Waals surface area contributed by atoms with Crippen molar-refractivity contribution in [2.45, 2.75) is 0 Å². The number of carbonyl (C=O) groups is 1. The van der Waals surface area contributed by atoms with Crippen LogP contribution in [0.25, 0.3) is 0 Å². The van der Waals surface area contributed by atoms with E-state index in [0.717, 1.165) is 13.1 Å². The molecule has 1 heterocycles. The minimum Gasteiger partial charge on any atom is -0.378 e. The van der Waals surface area contributed by atoms with E-state index in [0.29, 0.717) is 24.3 Å². The zero-order valence-corrected chi connectivity index (χ0v) is 15.1. The summed E-state index contributed by atoms with van der Waals surface area (Å²) in [6, 6.07) is 17.4. The quantitative estimate of drug-likeness (QED) is 0.925. The number of urea groups is 1. The average Bonchev–Trinajstić information content (AvgIpc) is 2.68. The van der Waals surface area contributed by atoms with Crippen LogP contribution in [0.3, 0.4) is 0 Å². The Kier molecular flexibility index (Phi) is 5.28. The molecule has 6 nitrogen and oxygen atoms in total. The number of nitriles is 1. The number of anilines is 3. The highest BCUT2D eigenvalue weighted by atomic mass is 16.2. The number of hydrogen-bond donors (Lipinski definition) is 1. The molecular formula is C20H23N5O. The van der Waals surface area contributed by atoms with E-state index in [1.807, 2.05) is 19.0 Å². The highest BCUT2D eigenvalue weighted by Crippen LogP contribution is 2.21. The van der Waals surface area contributed by atoms with Crippen LogP contribution in [0, 0.1) is 11.3 Å². The fraction of sp³-hybridized carbons (Fsp3) is 0.300. The molecule has 1 fully saturated rings. The zero-order valence-electron chi connectivity index (χ0n) is 15.1. The first-order valence-electron chi connectivity index (χ1n) is 8.65. The Morgan fingerprint density at radius 3 is 2.38 bits per heavy atom. The lowest BCUT2D eigenvalue weighted by Crippen LogP contribution is -2.50. The molecule has 2 aromatic rings. The first-order chi connectivity index (χ1) is 12.6. The van der Waals surface area contributed by atoms with Crippen molar-refractivity contribution in [1.29, 1.82) is 5.26 Å². The van der Waals surface area contributed by atoms with Gasteiger partial charge in [-0.1, -0.05) is 6.07 Å². The van der Waals surface area contributed by atoms with Crippen molar-refractivity contribution in [3.05, 3.63) is 54.1 Å². The molecule has 2 amide bonds. The van der Waals surface area contributed by atoms with Gasteiger partial charge in [-0.15, -0.1) is 0 Å². The van der Waals surface area contributed by atoms with Crippen LogP contribution in [-0.2, 0) is 0 Å². The predicted molar refractivity (Wildman–Crippen MR) is 105 cm³/mol. The Labute approximate surface area is 154 Å². The molecule has 0 unspecified atom stereocenters. The van der Waals surface area contributed by atoms with E-state index in [1.54, 1.807) is 24.3 Å². The summed E-state index contributed by atoms with van der Waals surface area (Å²) in [6.07, 6.45) is 0. The standard InChI is InChI=1S/C20H23N5O/c1-23(2)18-6-8-19(9-7-18)24-10-12-25(13-11-24)20(26)22-17-5-3-4-16(14-17)15-21/h3-9,14H,10-13H2,1-2H3,(H,22,26). The Morgan fingerprint density at radius 1 is 1.08 bits per heavy atom. The Bertz CT molecular complexity index is 802. The molecule has 1 saturated heterocycles. The number of benzene rings is 2. The van der Waals surface area contributed by atoms with Gasteiger partial charge in [0.15, 0.2) is 0 Å². The van der Waals surface area contributed by atoms with Crippen molar-refractivity contribution in [3.8, 4) is 6.07 Å². The molecular weight excluding hydrogens is 326 g/mol. The Hall–Kier alpha value is -3.20. The molecule has 6 heteroatoms. The zero-order chi connectivity index (χ0) is 18.5. The fourth-order valence-electron chi connectivity index (χ4n) is 3.00. The second-order valence-corrected chi connectivity index (χ2v) is 6.51. The molecule has 0 atom stereocenters. The van der Waals surface area contributed by atoms with Gasteiger partial charge in [0, 0.05) is 57.3 Å². The number of piperazine rings is 1. The highest BCUT2D eigenvalue weighted by molar-refractivity contribution is 5.89. The molecule has 134 valence electrons. The van der Waals surface area contributed by atoms with Crippen LogP contribution in [0.5, 0.6) is 0 Å². The van der Waals surface area contributed by atoms with Gasteiger partial charge in [0.1, 0.15) is 0 Å². The van der Waals surface area contributed by atoms with Gasteiger partial charge in [0.2, 0.25) is 0 Å². The SMILES string of the molecule is CN(C)c1ccc(N2CCN(C(=O)Nc3cccc(C#N)c3)CC2)cc1. The summed E-state index contributed by atoms with van der Waals surface area (Å²) in [6.45, 7) is 2.93. The van der Waals surface area contributed by atoms with Crippen molar-refractivity contribution in [1.82, 2.24) is 4.90 Å². The van der Waals surface area contributed by atoms with E-state index < -0.39 is 0 Å². The minimum atomic E-state index is -0.123. The number of nitrogens with one attached hydrogen (secondary N) is 1. The van der Waals surface area contributed by atoms with Crippen molar-refractivity contribution >= 4 is 23.1 Å². The summed E-state index contributed by atoms with van der Waals surface area (Å²) in [5.41, 5.74) is 3.54. The van der Waals surface area contributed by atoms with Crippen LogP contribution in [-0.4, -0.2) is 51.2 Å². The normalized spacial score (nSPS) is 13.9. The summed E-state index contributed by atoms with van der Waals surface area (Å²) in [5, 5.41) is 11.8. The van der Waals surface area contributed by atoms with Crippen LogP contribution in [0.2, 0.25) is 0 Å². The molecule has 0 spiro atoms. The van der Waals surface area contributed by atoms with Gasteiger partial charge in [-0.2, -0.15) is 5.26 Å². The van der Waals surface area contributed by atoms with Gasteiger partial charge in [-0.25, -0.2) is 4.79 Å². The first kappa shape index (κ1) is 17.6. The molecule has 1 aliphatic heterocycles. The lowest BCUT2D eigenvalue weighted by atomic mass is 10.2. The second kappa shape index (κ2) is 7.79. The molecule has 1 N–H and O–H groups in total. The topological polar surface area (TPSA) is 62.6 Å². The third-order valence-electron chi connectivity index (χ3n) is 4.54. The van der Waals surface area contributed by atoms with Crippen LogP contribution >= 0.6 is 0 Å². The van der Waals surface area contributed by atoms with Crippen molar-refractivity contribution in [2.75, 3.05) is 55.4 Å². The molecule has 3 rings (SSSR count). The smallest absolute Gasteiger partial charge is 0.321 e. The van der Waals surface area contributed by atoms with E-state index in [1.165, 1.54) is 11.4 Å². The molecule has 1 aliphatic rings. The van der Waals surface area contributed by atoms with Gasteiger partial charge in [0.25, 0.3) is 0 Å². The fourth-order valence-corrected chi connectivity index (χ4v) is 3.00. The molecule has 0 radical (unpaired) electrons. The van der Waals surface area contributed by atoms with E-state index >= 15 is 0 Å². The summed E-state index contributed by atoms with van der Waals surface area (Å²) in [5.74, 6) is 0. The number of amides is 2. The molecule has 0 aromatic heterocycles. The average molecular weight is 349 g/mol. The third-order valence-corrected chi connectivity index (χ3v) is 4.54. The van der Waals surface area contributed by atoms with Crippen LogP contribution in [0.4, 0.5) is 21.9 Å². The lowest BCUT2D eigenvalue weighted by Gasteiger charge is -2.36. The first-order valence-corrected chi connectivity index (χ1v) is 8.65. The number of carbonyl (C=O) groups excluding carboxylic acids is 1. The maximum absolute atomic E-state index is 12.4. The lowest BCUT2D eigenvalue weighted by molar-refractivity contribution is 0.208. The summed E-state index contributed by atoms with van der Waals surface area (Å²) >= 11 is 0. The Balaban J connectivity index is 1.56. The van der Waals surface area contributed by atoms with Crippen molar-refractivity contribution in [2.24, 2.45) is 0 Å². The van der Waals surface area contributed by atoms with Gasteiger partial charge >= 0.3 is 6.03 Å². The number of hydrogen-bond acceptors (Lipinski definition) is 4. The number of nitrogens with zero attached hydrogens (tertiary/aromatic N) is 4. The van der Waals surface area contributed by atoms with Crippen LogP contribution < -0.4 is 15.1 Å². The Morgan fingerprint density at radius 2 is 1.77 bits per heavy atom. The maximum atomic E-state index is 12.4. The largest absolute Gasteiger partial charge is 0.378 e. The second-order valence-electron chi connectivity index (χ2n) is 6.51. The van der Waals surface area contributed by atoms with E-state index in [4.69, 9.17) is 5.26 Å². The van der Waals surface area contributed by atoms with Crippen molar-refractivity contribution < 1.29 is 4.79 Å². The molecule has 2 aromatic carbocycles. The highest BCUT2D eigenvalue weighted by Gasteiger charge is 2.21. The molecule has 26 heavy (non-hydrogen) atoms. The predicted octanol–water partition coefficient (Wildman–Crippen LogP) is 2.98. The molecule has 0 bridgehead atoms. The molecule has 0 saturated carbocycles. The van der Waals surface area contributed by atoms with Gasteiger partial charge in [0.05, 0.1) is 11.6 Å². The summed E-state index contributed by atoms with van der Waals surface area (Å²) in [7, 11) is 4.05. The number of rotatable bonds is 3. The van der Waals surface area contributed by atoms with Gasteiger partial charge < -0.3 is 20.0 Å².